The maximum Gasteiger partial charge on any atom is 0.242 e. The minimum absolute atomic E-state index is 0.101. The topological polar surface area (TPSA) is 44.4 Å². The Hall–Kier alpha value is -1.07. The van der Waals surface area contributed by atoms with Crippen molar-refractivity contribution in [1.29, 1.82) is 0 Å². The predicted molar refractivity (Wildman–Crippen MR) is 81.3 cm³/mol. The van der Waals surface area contributed by atoms with E-state index in [0.717, 1.165) is 29.8 Å². The molecule has 4 nitrogen and oxygen atoms in total. The Morgan fingerprint density at radius 3 is 3.05 bits per heavy atom. The van der Waals surface area contributed by atoms with E-state index in [1.165, 1.54) is 5.56 Å². The minimum atomic E-state index is -0.115. The average molecular weight is 326 g/mol. The van der Waals surface area contributed by atoms with Gasteiger partial charge >= 0.3 is 0 Å². The summed E-state index contributed by atoms with van der Waals surface area (Å²) in [6, 6.07) is 6.13. The van der Waals surface area contributed by atoms with Crippen LogP contribution in [0.1, 0.15) is 19.4 Å². The number of hydrogen-bond acceptors (Lipinski definition) is 3. The molecule has 0 spiro atoms. The molecule has 1 heterocycles. The summed E-state index contributed by atoms with van der Waals surface area (Å²) in [5, 5.41) is 6.25. The molecule has 1 amide bonds. The smallest absolute Gasteiger partial charge is 0.242 e. The number of piperazine rings is 1. The van der Waals surface area contributed by atoms with Crippen LogP contribution in [0.15, 0.2) is 22.7 Å². The van der Waals surface area contributed by atoms with Gasteiger partial charge in [0.1, 0.15) is 6.04 Å². The van der Waals surface area contributed by atoms with E-state index in [9.17, 15) is 4.79 Å². The van der Waals surface area contributed by atoms with E-state index in [-0.39, 0.29) is 11.9 Å². The number of rotatable bonds is 4. The standard InChI is InChI=1S/C14H20BrN3O/c1-3-16-9-11-8-12(15)4-5-13(11)18-7-6-17-14(19)10(18)2/h4-5,8,10,16H,3,6-7,9H2,1-2H3,(H,17,19). The van der Waals surface area contributed by atoms with Crippen molar-refractivity contribution in [2.75, 3.05) is 24.5 Å². The highest BCUT2D eigenvalue weighted by molar-refractivity contribution is 9.10. The second-order valence-corrected chi connectivity index (χ2v) is 5.63. The number of anilines is 1. The Bertz CT molecular complexity index is 464. The van der Waals surface area contributed by atoms with Crippen molar-refractivity contribution >= 4 is 27.5 Å². The van der Waals surface area contributed by atoms with Gasteiger partial charge in [0.15, 0.2) is 0 Å². The molecule has 0 radical (unpaired) electrons. The van der Waals surface area contributed by atoms with Crippen LogP contribution in [-0.4, -0.2) is 31.6 Å². The van der Waals surface area contributed by atoms with E-state index < -0.39 is 0 Å². The van der Waals surface area contributed by atoms with Gasteiger partial charge in [0, 0.05) is 29.8 Å². The van der Waals surface area contributed by atoms with E-state index in [0.29, 0.717) is 6.54 Å². The number of nitrogens with zero attached hydrogens (tertiary/aromatic N) is 1. The fraction of sp³-hybridized carbons (Fsp3) is 0.500. The van der Waals surface area contributed by atoms with Gasteiger partial charge < -0.3 is 15.5 Å². The van der Waals surface area contributed by atoms with Crippen molar-refractivity contribution < 1.29 is 4.79 Å². The summed E-state index contributed by atoms with van der Waals surface area (Å²) < 4.78 is 1.07. The third-order valence-electron chi connectivity index (χ3n) is 3.42. The molecule has 1 atom stereocenters. The second kappa shape index (κ2) is 6.39. The maximum absolute atomic E-state index is 11.8. The van der Waals surface area contributed by atoms with E-state index in [2.05, 4.69) is 50.5 Å². The van der Waals surface area contributed by atoms with Crippen molar-refractivity contribution in [3.8, 4) is 0 Å². The molecule has 0 saturated carbocycles. The van der Waals surface area contributed by atoms with Crippen LogP contribution in [0.4, 0.5) is 5.69 Å². The van der Waals surface area contributed by atoms with Crippen molar-refractivity contribution in [1.82, 2.24) is 10.6 Å². The average Bonchev–Trinajstić information content (AvgIpc) is 2.40. The van der Waals surface area contributed by atoms with E-state index >= 15 is 0 Å². The number of hydrogen-bond donors (Lipinski definition) is 2. The first kappa shape index (κ1) is 14.3. The number of amides is 1. The van der Waals surface area contributed by atoms with Gasteiger partial charge in [-0.25, -0.2) is 0 Å². The highest BCUT2D eigenvalue weighted by Gasteiger charge is 2.26. The van der Waals surface area contributed by atoms with Crippen LogP contribution in [0.5, 0.6) is 0 Å². The zero-order valence-electron chi connectivity index (χ0n) is 11.4. The summed E-state index contributed by atoms with van der Waals surface area (Å²) in [4.78, 5) is 14.0. The summed E-state index contributed by atoms with van der Waals surface area (Å²) in [6.07, 6.45) is 0. The lowest BCUT2D eigenvalue weighted by atomic mass is 10.1. The van der Waals surface area contributed by atoms with Gasteiger partial charge in [0.05, 0.1) is 0 Å². The monoisotopic (exact) mass is 325 g/mol. The largest absolute Gasteiger partial charge is 0.358 e. The van der Waals surface area contributed by atoms with Crippen LogP contribution >= 0.6 is 15.9 Å². The Labute approximate surface area is 122 Å². The molecular weight excluding hydrogens is 306 g/mol. The molecule has 0 aromatic heterocycles. The number of nitrogens with one attached hydrogen (secondary N) is 2. The van der Waals surface area contributed by atoms with E-state index in [4.69, 9.17) is 0 Å². The maximum atomic E-state index is 11.8. The molecule has 2 rings (SSSR count). The Kier molecular flexibility index (Phi) is 4.82. The lowest BCUT2D eigenvalue weighted by Crippen LogP contribution is -2.54. The number of halogens is 1. The first-order valence-electron chi connectivity index (χ1n) is 6.67. The molecule has 19 heavy (non-hydrogen) atoms. The van der Waals surface area contributed by atoms with Gasteiger partial charge in [-0.2, -0.15) is 0 Å². The summed E-state index contributed by atoms with van der Waals surface area (Å²) in [7, 11) is 0. The molecule has 1 aliphatic heterocycles. The number of carbonyl (C=O) groups is 1. The van der Waals surface area contributed by atoms with E-state index in [1.807, 2.05) is 13.0 Å². The van der Waals surface area contributed by atoms with Gasteiger partial charge in [-0.15, -0.1) is 0 Å². The number of benzene rings is 1. The lowest BCUT2D eigenvalue weighted by molar-refractivity contribution is -0.122. The van der Waals surface area contributed by atoms with Crippen LogP contribution in [0.25, 0.3) is 0 Å². The van der Waals surface area contributed by atoms with E-state index in [1.54, 1.807) is 0 Å². The SMILES string of the molecule is CCNCc1cc(Br)ccc1N1CCNC(=O)C1C. The zero-order chi connectivity index (χ0) is 13.8. The highest BCUT2D eigenvalue weighted by Crippen LogP contribution is 2.27. The third-order valence-corrected chi connectivity index (χ3v) is 3.91. The summed E-state index contributed by atoms with van der Waals surface area (Å²) in [5.74, 6) is 0.101. The van der Waals surface area contributed by atoms with Gasteiger partial charge in [0.2, 0.25) is 5.91 Å². The molecule has 104 valence electrons. The fourth-order valence-corrected chi connectivity index (χ4v) is 2.76. The molecule has 1 aliphatic rings. The zero-order valence-corrected chi connectivity index (χ0v) is 13.0. The van der Waals surface area contributed by atoms with Crippen LogP contribution in [-0.2, 0) is 11.3 Å². The van der Waals surface area contributed by atoms with Crippen molar-refractivity contribution in [2.45, 2.75) is 26.4 Å². The first-order chi connectivity index (χ1) is 9.13. The van der Waals surface area contributed by atoms with Crippen molar-refractivity contribution in [3.05, 3.63) is 28.2 Å². The third kappa shape index (κ3) is 3.28. The molecule has 1 unspecified atom stereocenters. The normalized spacial score (nSPS) is 19.4. The van der Waals surface area contributed by atoms with Crippen LogP contribution in [0, 0.1) is 0 Å². The molecule has 1 fully saturated rings. The molecule has 5 heteroatoms. The predicted octanol–water partition coefficient (Wildman–Crippen LogP) is 1.88. The molecule has 1 aromatic rings. The Morgan fingerprint density at radius 1 is 1.53 bits per heavy atom. The number of carbonyl (C=O) groups excluding carboxylic acids is 1. The highest BCUT2D eigenvalue weighted by atomic mass is 79.9. The van der Waals surface area contributed by atoms with Crippen LogP contribution in [0.3, 0.4) is 0 Å². The van der Waals surface area contributed by atoms with Crippen LogP contribution in [0.2, 0.25) is 0 Å². The quantitative estimate of drug-likeness (QED) is 0.888. The Morgan fingerprint density at radius 2 is 2.32 bits per heavy atom. The van der Waals surface area contributed by atoms with Crippen molar-refractivity contribution in [2.24, 2.45) is 0 Å². The molecule has 1 saturated heterocycles. The molecule has 0 aliphatic carbocycles. The minimum Gasteiger partial charge on any atom is -0.358 e. The van der Waals surface area contributed by atoms with Crippen LogP contribution < -0.4 is 15.5 Å². The lowest BCUT2D eigenvalue weighted by Gasteiger charge is -2.36. The van der Waals surface area contributed by atoms with Gasteiger partial charge in [0.25, 0.3) is 0 Å². The second-order valence-electron chi connectivity index (χ2n) is 4.71. The summed E-state index contributed by atoms with van der Waals surface area (Å²) in [5.41, 5.74) is 2.37. The van der Waals surface area contributed by atoms with Gasteiger partial charge in [-0.3, -0.25) is 4.79 Å². The van der Waals surface area contributed by atoms with Gasteiger partial charge in [-0.05, 0) is 37.2 Å². The van der Waals surface area contributed by atoms with Crippen molar-refractivity contribution in [3.63, 3.8) is 0 Å². The van der Waals surface area contributed by atoms with Gasteiger partial charge in [-0.1, -0.05) is 22.9 Å². The first-order valence-corrected chi connectivity index (χ1v) is 7.46. The Balaban J connectivity index is 2.29. The summed E-state index contributed by atoms with van der Waals surface area (Å²) in [6.45, 7) is 7.36. The molecular formula is C14H20BrN3O. The molecule has 0 bridgehead atoms. The fourth-order valence-electron chi connectivity index (χ4n) is 2.35. The molecule has 1 aromatic carbocycles. The summed E-state index contributed by atoms with van der Waals surface area (Å²) >= 11 is 3.51. The molecule has 2 N–H and O–H groups in total.